The van der Waals surface area contributed by atoms with Crippen molar-refractivity contribution < 1.29 is 4.21 Å². The molecule has 66 valence electrons. The fourth-order valence-electron chi connectivity index (χ4n) is 2.34. The highest BCUT2D eigenvalue weighted by atomic mass is 32.2. The van der Waals surface area contributed by atoms with Crippen molar-refractivity contribution in [3.05, 3.63) is 0 Å². The lowest BCUT2D eigenvalue weighted by Gasteiger charge is -2.35. The summed E-state index contributed by atoms with van der Waals surface area (Å²) in [6.45, 7) is 0. The SMILES string of the molecule is N#CC1CC2CCCC(C1)S2=O. The molecule has 2 heterocycles. The third-order valence-electron chi connectivity index (χ3n) is 2.99. The van der Waals surface area contributed by atoms with Gasteiger partial charge in [-0.3, -0.25) is 4.21 Å². The van der Waals surface area contributed by atoms with Gasteiger partial charge in [0.05, 0.1) is 6.07 Å². The van der Waals surface area contributed by atoms with Crippen LogP contribution in [0.2, 0.25) is 0 Å². The Morgan fingerprint density at radius 2 is 1.83 bits per heavy atom. The molecule has 2 fully saturated rings. The molecule has 0 spiro atoms. The van der Waals surface area contributed by atoms with Crippen molar-refractivity contribution in [2.45, 2.75) is 42.6 Å². The number of nitrogens with zero attached hydrogens (tertiary/aromatic N) is 1. The maximum absolute atomic E-state index is 11.7. The molecule has 2 nitrogen and oxygen atoms in total. The predicted octanol–water partition coefficient (Wildman–Crippen LogP) is 1.59. The Kier molecular flexibility index (Phi) is 2.18. The van der Waals surface area contributed by atoms with E-state index in [0.717, 1.165) is 25.7 Å². The van der Waals surface area contributed by atoms with Gasteiger partial charge in [-0.2, -0.15) is 5.26 Å². The van der Waals surface area contributed by atoms with Crippen molar-refractivity contribution >= 4 is 10.8 Å². The molecule has 2 unspecified atom stereocenters. The molecule has 0 radical (unpaired) electrons. The van der Waals surface area contributed by atoms with E-state index in [1.165, 1.54) is 6.42 Å². The fraction of sp³-hybridized carbons (Fsp3) is 0.889. The lowest BCUT2D eigenvalue weighted by atomic mass is 9.91. The molecule has 0 aromatic heterocycles. The van der Waals surface area contributed by atoms with Crippen LogP contribution in [0.3, 0.4) is 0 Å². The van der Waals surface area contributed by atoms with Crippen molar-refractivity contribution in [1.29, 1.82) is 5.26 Å². The quantitative estimate of drug-likeness (QED) is 0.572. The lowest BCUT2D eigenvalue weighted by molar-refractivity contribution is 0.412. The van der Waals surface area contributed by atoms with Crippen molar-refractivity contribution in [3.8, 4) is 6.07 Å². The van der Waals surface area contributed by atoms with Gasteiger partial charge in [0.25, 0.3) is 0 Å². The van der Waals surface area contributed by atoms with E-state index in [1.54, 1.807) is 0 Å². The second kappa shape index (κ2) is 3.18. The van der Waals surface area contributed by atoms with Gasteiger partial charge in [0.1, 0.15) is 0 Å². The van der Waals surface area contributed by atoms with E-state index < -0.39 is 10.8 Å². The Balaban J connectivity index is 2.13. The standard InChI is InChI=1S/C9H13NOS/c10-6-7-4-8-2-1-3-9(5-7)12(8)11/h7-9H,1-5H2. The first-order valence-electron chi connectivity index (χ1n) is 4.60. The van der Waals surface area contributed by atoms with Gasteiger partial charge < -0.3 is 0 Å². The van der Waals surface area contributed by atoms with Crippen molar-refractivity contribution in [2.75, 3.05) is 0 Å². The Labute approximate surface area is 75.4 Å². The van der Waals surface area contributed by atoms with E-state index in [-0.39, 0.29) is 5.92 Å². The third-order valence-corrected chi connectivity index (χ3v) is 5.16. The number of hydrogen-bond donors (Lipinski definition) is 0. The average Bonchev–Trinajstić information content (AvgIpc) is 2.04. The summed E-state index contributed by atoms with van der Waals surface area (Å²) in [7, 11) is -0.609. The Morgan fingerprint density at radius 1 is 1.25 bits per heavy atom. The summed E-state index contributed by atoms with van der Waals surface area (Å²) in [5.41, 5.74) is 0. The summed E-state index contributed by atoms with van der Waals surface area (Å²) >= 11 is 0. The minimum Gasteiger partial charge on any atom is -0.259 e. The van der Waals surface area contributed by atoms with Crippen LogP contribution in [0, 0.1) is 17.2 Å². The van der Waals surface area contributed by atoms with Crippen LogP contribution in [-0.4, -0.2) is 14.7 Å². The summed E-state index contributed by atoms with van der Waals surface area (Å²) in [5, 5.41) is 9.48. The van der Waals surface area contributed by atoms with Crippen LogP contribution < -0.4 is 0 Å². The molecule has 2 aliphatic heterocycles. The van der Waals surface area contributed by atoms with Crippen LogP contribution in [0.25, 0.3) is 0 Å². The van der Waals surface area contributed by atoms with E-state index in [9.17, 15) is 4.21 Å². The Morgan fingerprint density at radius 3 is 2.33 bits per heavy atom. The molecule has 0 aromatic rings. The molecule has 2 saturated heterocycles. The second-order valence-electron chi connectivity index (χ2n) is 3.80. The van der Waals surface area contributed by atoms with E-state index in [0.29, 0.717) is 10.5 Å². The first-order valence-corrected chi connectivity index (χ1v) is 5.88. The molecule has 0 aliphatic carbocycles. The van der Waals surface area contributed by atoms with Crippen LogP contribution in [0.5, 0.6) is 0 Å². The van der Waals surface area contributed by atoms with Gasteiger partial charge in [-0.05, 0) is 25.7 Å². The average molecular weight is 183 g/mol. The van der Waals surface area contributed by atoms with Gasteiger partial charge in [-0.25, -0.2) is 0 Å². The molecule has 2 bridgehead atoms. The highest BCUT2D eigenvalue weighted by Gasteiger charge is 2.37. The number of nitriles is 1. The second-order valence-corrected chi connectivity index (χ2v) is 5.79. The normalized spacial score (nSPS) is 46.6. The molecule has 3 heteroatoms. The molecule has 12 heavy (non-hydrogen) atoms. The molecule has 2 aliphatic rings. The van der Waals surface area contributed by atoms with Gasteiger partial charge in [-0.1, -0.05) is 6.42 Å². The summed E-state index contributed by atoms with van der Waals surface area (Å²) in [4.78, 5) is 0. The minimum atomic E-state index is -0.609. The van der Waals surface area contributed by atoms with Crippen LogP contribution in [0.1, 0.15) is 32.1 Å². The van der Waals surface area contributed by atoms with Gasteiger partial charge in [0.2, 0.25) is 0 Å². The monoisotopic (exact) mass is 183 g/mol. The van der Waals surface area contributed by atoms with Crippen molar-refractivity contribution in [2.24, 2.45) is 5.92 Å². The number of rotatable bonds is 0. The fourth-order valence-corrected chi connectivity index (χ4v) is 4.53. The summed E-state index contributed by atoms with van der Waals surface area (Å²) in [6.07, 6.45) is 5.17. The topological polar surface area (TPSA) is 40.9 Å². The highest BCUT2D eigenvalue weighted by molar-refractivity contribution is 7.86. The molecule has 0 N–H and O–H groups in total. The van der Waals surface area contributed by atoms with Crippen LogP contribution >= 0.6 is 0 Å². The van der Waals surface area contributed by atoms with E-state index in [1.807, 2.05) is 0 Å². The lowest BCUT2D eigenvalue weighted by Crippen LogP contribution is -2.38. The highest BCUT2D eigenvalue weighted by Crippen LogP contribution is 2.36. The molecule has 0 amide bonds. The van der Waals surface area contributed by atoms with E-state index in [2.05, 4.69) is 6.07 Å². The first-order chi connectivity index (χ1) is 5.81. The Bertz CT molecular complexity index is 229. The number of hydrogen-bond acceptors (Lipinski definition) is 2. The maximum atomic E-state index is 11.7. The summed E-state index contributed by atoms with van der Waals surface area (Å²) < 4.78 is 11.7. The molecule has 0 saturated carbocycles. The number of fused-ring (bicyclic) bond motifs is 2. The van der Waals surface area contributed by atoms with E-state index in [4.69, 9.17) is 5.26 Å². The molecular weight excluding hydrogens is 170 g/mol. The van der Waals surface area contributed by atoms with Gasteiger partial charge in [-0.15, -0.1) is 0 Å². The third kappa shape index (κ3) is 1.29. The van der Waals surface area contributed by atoms with Gasteiger partial charge >= 0.3 is 0 Å². The zero-order valence-corrected chi connectivity index (χ0v) is 7.85. The molecule has 0 aromatic carbocycles. The van der Waals surface area contributed by atoms with Crippen LogP contribution in [-0.2, 0) is 10.8 Å². The van der Waals surface area contributed by atoms with Crippen molar-refractivity contribution in [3.63, 3.8) is 0 Å². The smallest absolute Gasteiger partial charge is 0.0656 e. The Hall–Kier alpha value is -0.360. The van der Waals surface area contributed by atoms with Crippen molar-refractivity contribution in [1.82, 2.24) is 0 Å². The predicted molar refractivity (Wildman–Crippen MR) is 47.9 cm³/mol. The van der Waals surface area contributed by atoms with E-state index >= 15 is 0 Å². The molecule has 2 atom stereocenters. The molecular formula is C9H13NOS. The zero-order chi connectivity index (χ0) is 8.55. The summed E-state index contributed by atoms with van der Waals surface area (Å²) in [5.74, 6) is 0.193. The molecule has 2 rings (SSSR count). The largest absolute Gasteiger partial charge is 0.259 e. The minimum absolute atomic E-state index is 0.193. The first kappa shape index (κ1) is 8.25. The van der Waals surface area contributed by atoms with Gasteiger partial charge in [0, 0.05) is 27.2 Å². The van der Waals surface area contributed by atoms with Gasteiger partial charge in [0.15, 0.2) is 0 Å². The van der Waals surface area contributed by atoms with Crippen LogP contribution in [0.4, 0.5) is 0 Å². The summed E-state index contributed by atoms with van der Waals surface area (Å²) in [6, 6.07) is 2.32. The maximum Gasteiger partial charge on any atom is 0.0656 e. The zero-order valence-electron chi connectivity index (χ0n) is 7.03. The van der Waals surface area contributed by atoms with Crippen LogP contribution in [0.15, 0.2) is 0 Å².